The highest BCUT2D eigenvalue weighted by atomic mass is 16.5. The second kappa shape index (κ2) is 8.53. The van der Waals surface area contributed by atoms with Crippen LogP contribution in [0.2, 0.25) is 0 Å². The first-order chi connectivity index (χ1) is 12.3. The summed E-state index contributed by atoms with van der Waals surface area (Å²) in [5.74, 6) is -0.0750. The number of benzene rings is 1. The lowest BCUT2D eigenvalue weighted by Crippen LogP contribution is -2.08. The van der Waals surface area contributed by atoms with Crippen molar-refractivity contribution < 1.29 is 9.53 Å². The molecule has 0 amide bonds. The summed E-state index contributed by atoms with van der Waals surface area (Å²) < 4.78 is 7.53. The summed E-state index contributed by atoms with van der Waals surface area (Å²) in [6.45, 7) is 11.4. The van der Waals surface area contributed by atoms with Gasteiger partial charge in [0.25, 0.3) is 0 Å². The predicted octanol–water partition coefficient (Wildman–Crippen LogP) is 4.72. The average molecular weight is 350 g/mol. The fourth-order valence-electron chi connectivity index (χ4n) is 2.94. The zero-order valence-corrected chi connectivity index (χ0v) is 16.2. The first-order valence-corrected chi connectivity index (χ1v) is 8.83. The standard InChI is InChI=1S/C22H26N2O2/c1-15(2)13-24-17(4)10-20(18(24)5)11-21(12-23)22(25)26-14-19-8-6-7-16(3)9-19/h6-11,15H,13-14H2,1-5H3/b21-11+. The van der Waals surface area contributed by atoms with Gasteiger partial charge in [0.2, 0.25) is 0 Å². The van der Waals surface area contributed by atoms with Gasteiger partial charge in [-0.25, -0.2) is 4.79 Å². The van der Waals surface area contributed by atoms with Crippen molar-refractivity contribution in [2.45, 2.75) is 47.8 Å². The first kappa shape index (κ1) is 19.5. The normalized spacial score (nSPS) is 11.5. The molecule has 2 aromatic rings. The minimum absolute atomic E-state index is 0.0162. The molecule has 0 N–H and O–H groups in total. The molecule has 136 valence electrons. The van der Waals surface area contributed by atoms with E-state index in [-0.39, 0.29) is 12.2 Å². The van der Waals surface area contributed by atoms with Crippen LogP contribution >= 0.6 is 0 Å². The molecule has 0 saturated heterocycles. The number of esters is 1. The summed E-state index contributed by atoms with van der Waals surface area (Å²) in [7, 11) is 0. The molecule has 0 saturated carbocycles. The Labute approximate surface area is 155 Å². The molecule has 0 unspecified atom stereocenters. The minimum Gasteiger partial charge on any atom is -0.457 e. The van der Waals surface area contributed by atoms with Crippen molar-refractivity contribution in [3.63, 3.8) is 0 Å². The van der Waals surface area contributed by atoms with E-state index in [1.165, 1.54) is 0 Å². The van der Waals surface area contributed by atoms with Crippen molar-refractivity contribution >= 4 is 12.0 Å². The van der Waals surface area contributed by atoms with Crippen LogP contribution in [0.15, 0.2) is 35.9 Å². The summed E-state index contributed by atoms with van der Waals surface area (Å²) in [5, 5.41) is 9.39. The third kappa shape index (κ3) is 4.86. The number of carbonyl (C=O) groups is 1. The van der Waals surface area contributed by atoms with Gasteiger partial charge in [-0.3, -0.25) is 0 Å². The Bertz CT molecular complexity index is 867. The first-order valence-electron chi connectivity index (χ1n) is 8.83. The van der Waals surface area contributed by atoms with Crippen LogP contribution in [0.5, 0.6) is 0 Å². The van der Waals surface area contributed by atoms with E-state index in [0.29, 0.717) is 5.92 Å². The second-order valence-electron chi connectivity index (χ2n) is 7.07. The molecule has 4 heteroatoms. The SMILES string of the molecule is Cc1cccc(COC(=O)/C(C#N)=C/c2cc(C)n(CC(C)C)c2C)c1. The van der Waals surface area contributed by atoms with Crippen LogP contribution in [-0.2, 0) is 22.7 Å². The second-order valence-corrected chi connectivity index (χ2v) is 7.07. The summed E-state index contributed by atoms with van der Waals surface area (Å²) in [5.41, 5.74) is 5.08. The van der Waals surface area contributed by atoms with Crippen LogP contribution in [0.25, 0.3) is 6.08 Å². The van der Waals surface area contributed by atoms with Crippen molar-refractivity contribution in [3.05, 3.63) is 64.0 Å². The summed E-state index contributed by atoms with van der Waals surface area (Å²) in [6, 6.07) is 11.7. The van der Waals surface area contributed by atoms with Crippen molar-refractivity contribution in [1.82, 2.24) is 4.57 Å². The van der Waals surface area contributed by atoms with Gasteiger partial charge in [0.1, 0.15) is 18.2 Å². The van der Waals surface area contributed by atoms with Crippen LogP contribution in [-0.4, -0.2) is 10.5 Å². The number of rotatable bonds is 6. The van der Waals surface area contributed by atoms with E-state index >= 15 is 0 Å². The summed E-state index contributed by atoms with van der Waals surface area (Å²) in [4.78, 5) is 12.3. The fraction of sp³-hybridized carbons (Fsp3) is 0.364. The lowest BCUT2D eigenvalue weighted by molar-refractivity contribution is -0.139. The van der Waals surface area contributed by atoms with Crippen molar-refractivity contribution in [1.29, 1.82) is 5.26 Å². The number of ether oxygens (including phenoxy) is 1. The molecule has 2 rings (SSSR count). The molecular weight excluding hydrogens is 324 g/mol. The molecule has 1 heterocycles. The highest BCUT2D eigenvalue weighted by Gasteiger charge is 2.14. The lowest BCUT2D eigenvalue weighted by atomic mass is 10.1. The number of aromatic nitrogens is 1. The molecule has 0 spiro atoms. The van der Waals surface area contributed by atoms with Gasteiger partial charge in [-0.2, -0.15) is 5.26 Å². The zero-order chi connectivity index (χ0) is 19.3. The molecule has 0 radical (unpaired) electrons. The smallest absolute Gasteiger partial charge is 0.349 e. The predicted molar refractivity (Wildman–Crippen MR) is 103 cm³/mol. The van der Waals surface area contributed by atoms with Gasteiger partial charge in [0, 0.05) is 17.9 Å². The van der Waals surface area contributed by atoms with Crippen molar-refractivity contribution in [3.8, 4) is 6.07 Å². The van der Waals surface area contributed by atoms with Gasteiger partial charge in [0.05, 0.1) is 0 Å². The highest BCUT2D eigenvalue weighted by molar-refractivity contribution is 5.98. The van der Waals surface area contributed by atoms with Crippen molar-refractivity contribution in [2.75, 3.05) is 0 Å². The number of nitriles is 1. The van der Waals surface area contributed by atoms with Crippen molar-refractivity contribution in [2.24, 2.45) is 5.92 Å². The number of carbonyl (C=O) groups excluding carboxylic acids is 1. The molecule has 0 fully saturated rings. The number of aryl methyl sites for hydroxylation is 2. The Morgan fingerprint density at radius 1 is 1.27 bits per heavy atom. The molecule has 0 aliphatic heterocycles. The minimum atomic E-state index is -0.595. The fourth-order valence-corrected chi connectivity index (χ4v) is 2.94. The molecule has 1 aromatic carbocycles. The van der Waals surface area contributed by atoms with E-state index in [1.807, 2.05) is 57.2 Å². The number of hydrogen-bond donors (Lipinski definition) is 0. The van der Waals surface area contributed by atoms with E-state index in [0.717, 1.165) is 34.6 Å². The van der Waals surface area contributed by atoms with E-state index in [4.69, 9.17) is 4.74 Å². The zero-order valence-electron chi connectivity index (χ0n) is 16.2. The summed E-state index contributed by atoms with van der Waals surface area (Å²) >= 11 is 0. The molecule has 0 aliphatic rings. The van der Waals surface area contributed by atoms with E-state index in [2.05, 4.69) is 18.4 Å². The Balaban J connectivity index is 2.17. The van der Waals surface area contributed by atoms with Crippen LogP contribution in [0.3, 0.4) is 0 Å². The molecule has 0 atom stereocenters. The maximum Gasteiger partial charge on any atom is 0.349 e. The molecule has 0 aliphatic carbocycles. The van der Waals surface area contributed by atoms with E-state index in [9.17, 15) is 10.1 Å². The monoisotopic (exact) mass is 350 g/mol. The topological polar surface area (TPSA) is 55.0 Å². The Kier molecular flexibility index (Phi) is 6.41. The molecule has 4 nitrogen and oxygen atoms in total. The number of hydrogen-bond acceptors (Lipinski definition) is 3. The maximum atomic E-state index is 12.3. The third-order valence-electron chi connectivity index (χ3n) is 4.25. The Hall–Kier alpha value is -2.80. The molecule has 26 heavy (non-hydrogen) atoms. The van der Waals surface area contributed by atoms with Crippen LogP contribution in [0, 0.1) is 38.0 Å². The Morgan fingerprint density at radius 3 is 2.62 bits per heavy atom. The van der Waals surface area contributed by atoms with E-state index in [1.54, 1.807) is 6.08 Å². The van der Waals surface area contributed by atoms with Gasteiger partial charge in [-0.1, -0.05) is 43.7 Å². The summed E-state index contributed by atoms with van der Waals surface area (Å²) in [6.07, 6.45) is 1.62. The van der Waals surface area contributed by atoms with Gasteiger partial charge in [0.15, 0.2) is 0 Å². The molecule has 0 bridgehead atoms. The third-order valence-corrected chi connectivity index (χ3v) is 4.25. The van der Waals surface area contributed by atoms with Crippen LogP contribution in [0.1, 0.15) is 41.9 Å². The van der Waals surface area contributed by atoms with Gasteiger partial charge in [-0.05, 0) is 50.0 Å². The van der Waals surface area contributed by atoms with E-state index < -0.39 is 5.97 Å². The van der Waals surface area contributed by atoms with Crippen LogP contribution in [0.4, 0.5) is 0 Å². The van der Waals surface area contributed by atoms with Gasteiger partial charge in [-0.15, -0.1) is 0 Å². The largest absolute Gasteiger partial charge is 0.457 e. The highest BCUT2D eigenvalue weighted by Crippen LogP contribution is 2.20. The lowest BCUT2D eigenvalue weighted by Gasteiger charge is -2.12. The van der Waals surface area contributed by atoms with Gasteiger partial charge < -0.3 is 9.30 Å². The number of nitrogens with zero attached hydrogens (tertiary/aromatic N) is 2. The van der Waals surface area contributed by atoms with Crippen LogP contribution < -0.4 is 0 Å². The quantitative estimate of drug-likeness (QED) is 0.430. The average Bonchev–Trinajstić information content (AvgIpc) is 2.84. The van der Waals surface area contributed by atoms with Gasteiger partial charge >= 0.3 is 5.97 Å². The molecule has 1 aromatic heterocycles. The Morgan fingerprint density at radius 2 is 2.00 bits per heavy atom. The maximum absolute atomic E-state index is 12.3. The molecular formula is C22H26N2O2.